The zero-order valence-electron chi connectivity index (χ0n) is 14.1. The first-order valence-electron chi connectivity index (χ1n) is 7.90. The van der Waals surface area contributed by atoms with Crippen LogP contribution in [-0.4, -0.2) is 25.5 Å². The highest BCUT2D eigenvalue weighted by Gasteiger charge is 2.17. The van der Waals surface area contributed by atoms with Crippen molar-refractivity contribution in [1.29, 1.82) is 0 Å². The Bertz CT molecular complexity index is 943. The van der Waals surface area contributed by atoms with Crippen molar-refractivity contribution in [3.05, 3.63) is 62.5 Å². The van der Waals surface area contributed by atoms with Crippen molar-refractivity contribution in [1.82, 2.24) is 19.6 Å². The molecule has 0 saturated heterocycles. The fourth-order valence-electron chi connectivity index (χ4n) is 2.45. The van der Waals surface area contributed by atoms with E-state index in [9.17, 15) is 4.79 Å². The van der Waals surface area contributed by atoms with Gasteiger partial charge in [-0.05, 0) is 26.0 Å². The highest BCUT2D eigenvalue weighted by Crippen LogP contribution is 2.26. The molecule has 6 nitrogen and oxygen atoms in total. The Kier molecular flexibility index (Phi) is 5.55. The smallest absolute Gasteiger partial charge is 0.278 e. The Morgan fingerprint density at radius 2 is 1.85 bits per heavy atom. The van der Waals surface area contributed by atoms with Gasteiger partial charge < -0.3 is 5.32 Å². The van der Waals surface area contributed by atoms with Gasteiger partial charge in [0.1, 0.15) is 0 Å². The minimum Gasteiger partial charge on any atom is -0.304 e. The second-order valence-corrected chi connectivity index (χ2v) is 6.89. The summed E-state index contributed by atoms with van der Waals surface area (Å²) in [7, 11) is 0. The molecule has 1 amide bonds. The number of nitrogens with zero attached hydrogens (tertiary/aromatic N) is 4. The Morgan fingerprint density at radius 1 is 1.15 bits per heavy atom. The summed E-state index contributed by atoms with van der Waals surface area (Å²) in [6.07, 6.45) is 1.61. The van der Waals surface area contributed by atoms with E-state index < -0.39 is 5.91 Å². The molecule has 0 aliphatic carbocycles. The topological polar surface area (TPSA) is 64.7 Å². The molecule has 0 unspecified atom stereocenters. The molecule has 0 aliphatic rings. The number of nitrogens with one attached hydrogen (secondary N) is 1. The summed E-state index contributed by atoms with van der Waals surface area (Å²) in [6.45, 7) is 4.81. The van der Waals surface area contributed by atoms with Crippen LogP contribution in [-0.2, 0) is 13.1 Å². The van der Waals surface area contributed by atoms with Crippen LogP contribution < -0.4 is 5.32 Å². The first-order valence-corrected chi connectivity index (χ1v) is 9.04. The molecule has 26 heavy (non-hydrogen) atoms. The number of aromatic nitrogens is 4. The van der Waals surface area contributed by atoms with Gasteiger partial charge in [0.15, 0.2) is 11.5 Å². The summed E-state index contributed by atoms with van der Waals surface area (Å²) in [5.74, 6) is -0.0135. The Labute approximate surface area is 165 Å². The van der Waals surface area contributed by atoms with Gasteiger partial charge >= 0.3 is 0 Å². The van der Waals surface area contributed by atoms with Crippen molar-refractivity contribution in [2.24, 2.45) is 0 Å². The molecule has 1 N–H and O–H groups in total. The number of anilines is 1. The first-order chi connectivity index (χ1) is 12.4. The Balaban J connectivity index is 1.80. The van der Waals surface area contributed by atoms with E-state index in [-0.39, 0.29) is 5.69 Å². The van der Waals surface area contributed by atoms with Crippen molar-refractivity contribution >= 4 is 46.5 Å². The lowest BCUT2D eigenvalue weighted by Crippen LogP contribution is -2.14. The quantitative estimate of drug-likeness (QED) is 0.662. The number of benzene rings is 1. The summed E-state index contributed by atoms with van der Waals surface area (Å²) in [5.41, 5.74) is 1.78. The number of carbonyl (C=O) groups is 1. The predicted molar refractivity (Wildman–Crippen MR) is 103 cm³/mol. The van der Waals surface area contributed by atoms with Gasteiger partial charge in [0, 0.05) is 40.1 Å². The number of carbonyl (C=O) groups excluding carboxylic acids is 1. The van der Waals surface area contributed by atoms with Gasteiger partial charge in [-0.3, -0.25) is 14.2 Å². The molecule has 9 heteroatoms. The molecule has 0 aliphatic heterocycles. The van der Waals surface area contributed by atoms with Gasteiger partial charge in [-0.2, -0.15) is 10.2 Å². The summed E-state index contributed by atoms with van der Waals surface area (Å²) >= 11 is 18.5. The van der Waals surface area contributed by atoms with Crippen LogP contribution in [0.1, 0.15) is 28.7 Å². The maximum Gasteiger partial charge on any atom is 0.278 e. The third kappa shape index (κ3) is 3.87. The van der Waals surface area contributed by atoms with E-state index in [1.165, 1.54) is 0 Å². The van der Waals surface area contributed by atoms with E-state index >= 15 is 0 Å². The highest BCUT2D eigenvalue weighted by molar-refractivity contribution is 6.36. The van der Waals surface area contributed by atoms with Crippen LogP contribution in [0.4, 0.5) is 5.82 Å². The SMILES string of the molecule is CCn1cc(Cl)c(C(=O)Nc2cc(C)n(Cc3c(Cl)cccc3Cl)n2)n1. The number of rotatable bonds is 5. The van der Waals surface area contributed by atoms with Gasteiger partial charge in [-0.1, -0.05) is 40.9 Å². The van der Waals surface area contributed by atoms with E-state index in [0.29, 0.717) is 34.0 Å². The first kappa shape index (κ1) is 18.8. The maximum absolute atomic E-state index is 12.4. The zero-order chi connectivity index (χ0) is 18.8. The molecule has 2 heterocycles. The third-order valence-corrected chi connectivity index (χ3v) is 4.83. The minimum absolute atomic E-state index is 0.162. The monoisotopic (exact) mass is 411 g/mol. The zero-order valence-corrected chi connectivity index (χ0v) is 16.4. The lowest BCUT2D eigenvalue weighted by molar-refractivity contribution is 0.102. The molecule has 136 valence electrons. The average molecular weight is 413 g/mol. The van der Waals surface area contributed by atoms with E-state index in [4.69, 9.17) is 34.8 Å². The number of halogens is 3. The second kappa shape index (κ2) is 7.70. The largest absolute Gasteiger partial charge is 0.304 e. The molecule has 0 atom stereocenters. The molecule has 0 fully saturated rings. The molecular formula is C17H16Cl3N5O. The Morgan fingerprint density at radius 3 is 2.46 bits per heavy atom. The standard InChI is InChI=1S/C17H16Cl3N5O/c1-3-24-9-14(20)16(23-24)17(26)21-15-7-10(2)25(22-15)8-11-12(18)5-4-6-13(11)19/h4-7,9H,3,8H2,1-2H3,(H,21,22,26). The van der Waals surface area contributed by atoms with Crippen LogP contribution in [0.3, 0.4) is 0 Å². The number of aryl methyl sites for hydroxylation is 2. The van der Waals surface area contributed by atoms with Crippen molar-refractivity contribution in [2.75, 3.05) is 5.32 Å². The molecule has 2 aromatic heterocycles. The molecule has 3 rings (SSSR count). The normalized spacial score (nSPS) is 11.0. The van der Waals surface area contributed by atoms with Crippen LogP contribution in [0.2, 0.25) is 15.1 Å². The summed E-state index contributed by atoms with van der Waals surface area (Å²) < 4.78 is 3.31. The minimum atomic E-state index is -0.414. The van der Waals surface area contributed by atoms with Crippen molar-refractivity contribution < 1.29 is 4.79 Å². The molecule has 0 radical (unpaired) electrons. The molecule has 0 saturated carbocycles. The maximum atomic E-state index is 12.4. The second-order valence-electron chi connectivity index (χ2n) is 5.66. The summed E-state index contributed by atoms with van der Waals surface area (Å²) in [4.78, 5) is 12.4. The number of hydrogen-bond donors (Lipinski definition) is 1. The molecular weight excluding hydrogens is 397 g/mol. The van der Waals surface area contributed by atoms with Crippen LogP contribution >= 0.6 is 34.8 Å². The molecule has 1 aromatic carbocycles. The third-order valence-electron chi connectivity index (χ3n) is 3.85. The lowest BCUT2D eigenvalue weighted by atomic mass is 10.2. The van der Waals surface area contributed by atoms with Gasteiger partial charge in [-0.25, -0.2) is 0 Å². The number of amides is 1. The van der Waals surface area contributed by atoms with Crippen LogP contribution in [0.15, 0.2) is 30.5 Å². The Hall–Kier alpha value is -2.02. The van der Waals surface area contributed by atoms with Crippen LogP contribution in [0.25, 0.3) is 0 Å². The molecule has 0 bridgehead atoms. The van der Waals surface area contributed by atoms with E-state index in [1.807, 2.05) is 13.8 Å². The van der Waals surface area contributed by atoms with Gasteiger partial charge in [0.2, 0.25) is 0 Å². The van der Waals surface area contributed by atoms with E-state index in [0.717, 1.165) is 11.3 Å². The fraction of sp³-hybridized carbons (Fsp3) is 0.235. The summed E-state index contributed by atoms with van der Waals surface area (Å²) in [6, 6.07) is 7.09. The molecule has 0 spiro atoms. The average Bonchev–Trinajstić information content (AvgIpc) is 3.13. The van der Waals surface area contributed by atoms with E-state index in [2.05, 4.69) is 15.5 Å². The van der Waals surface area contributed by atoms with Crippen molar-refractivity contribution in [3.63, 3.8) is 0 Å². The van der Waals surface area contributed by atoms with Crippen molar-refractivity contribution in [2.45, 2.75) is 26.9 Å². The fourth-order valence-corrected chi connectivity index (χ4v) is 3.21. The predicted octanol–water partition coefficient (Wildman–Crippen LogP) is 4.67. The van der Waals surface area contributed by atoms with Crippen LogP contribution in [0, 0.1) is 6.92 Å². The van der Waals surface area contributed by atoms with Crippen LogP contribution in [0.5, 0.6) is 0 Å². The van der Waals surface area contributed by atoms with E-state index in [1.54, 1.807) is 39.8 Å². The molecule has 3 aromatic rings. The lowest BCUT2D eigenvalue weighted by Gasteiger charge is -2.08. The number of hydrogen-bond acceptors (Lipinski definition) is 3. The van der Waals surface area contributed by atoms with Gasteiger partial charge in [-0.15, -0.1) is 0 Å². The summed E-state index contributed by atoms with van der Waals surface area (Å²) in [5, 5.41) is 12.7. The van der Waals surface area contributed by atoms with Gasteiger partial charge in [0.05, 0.1) is 11.6 Å². The highest BCUT2D eigenvalue weighted by atomic mass is 35.5. The van der Waals surface area contributed by atoms with Gasteiger partial charge in [0.25, 0.3) is 5.91 Å². The van der Waals surface area contributed by atoms with Crippen molar-refractivity contribution in [3.8, 4) is 0 Å².